The number of nitrogens with zero attached hydrogens (tertiary/aromatic N) is 2. The Kier molecular flexibility index (Phi) is 3.53. The van der Waals surface area contributed by atoms with Crippen LogP contribution in [-0.4, -0.2) is 28.6 Å². The molecule has 15 heavy (non-hydrogen) atoms. The van der Waals surface area contributed by atoms with Crippen molar-refractivity contribution in [3.63, 3.8) is 0 Å². The van der Waals surface area contributed by atoms with Crippen LogP contribution < -0.4 is 10.6 Å². The first-order chi connectivity index (χ1) is 7.25. The zero-order valence-electron chi connectivity index (χ0n) is 8.70. The van der Waals surface area contributed by atoms with Gasteiger partial charge in [-0.1, -0.05) is 0 Å². The molecule has 0 aromatic carbocycles. The first kappa shape index (κ1) is 10.8. The Morgan fingerprint density at radius 3 is 2.87 bits per heavy atom. The van der Waals surface area contributed by atoms with Crippen LogP contribution in [-0.2, 0) is 0 Å². The Bertz CT molecular complexity index is 314. The first-order valence-corrected chi connectivity index (χ1v) is 6.02. The average molecular weight is 271 g/mol. The van der Waals surface area contributed by atoms with Gasteiger partial charge in [0.2, 0.25) is 5.95 Å². The minimum Gasteiger partial charge on any atom is -0.350 e. The molecule has 2 rings (SSSR count). The molecule has 1 saturated heterocycles. The van der Waals surface area contributed by atoms with E-state index in [1.54, 1.807) is 12.4 Å². The van der Waals surface area contributed by atoms with E-state index in [1.165, 1.54) is 12.8 Å². The molecule has 2 N–H and O–H groups in total. The molecular formula is C10H15BrN4. The van der Waals surface area contributed by atoms with Gasteiger partial charge in [-0.2, -0.15) is 0 Å². The van der Waals surface area contributed by atoms with Gasteiger partial charge in [0.1, 0.15) is 0 Å². The third-order valence-corrected chi connectivity index (χ3v) is 3.11. The van der Waals surface area contributed by atoms with Crippen LogP contribution in [0.2, 0.25) is 0 Å². The second-order valence-corrected chi connectivity index (χ2v) is 4.78. The third-order valence-electron chi connectivity index (χ3n) is 2.70. The van der Waals surface area contributed by atoms with E-state index in [9.17, 15) is 0 Å². The molecule has 82 valence electrons. The van der Waals surface area contributed by atoms with E-state index in [2.05, 4.69) is 43.5 Å². The Labute approximate surface area is 98.0 Å². The Balaban J connectivity index is 1.98. The van der Waals surface area contributed by atoms with Crippen molar-refractivity contribution in [2.24, 2.45) is 0 Å². The molecule has 1 fully saturated rings. The van der Waals surface area contributed by atoms with Gasteiger partial charge in [0, 0.05) is 24.5 Å². The van der Waals surface area contributed by atoms with Crippen molar-refractivity contribution < 1.29 is 0 Å². The molecule has 5 heteroatoms. The number of aromatic nitrogens is 2. The second kappa shape index (κ2) is 4.90. The smallest absolute Gasteiger partial charge is 0.222 e. The lowest BCUT2D eigenvalue weighted by molar-refractivity contribution is 0.388. The van der Waals surface area contributed by atoms with E-state index in [0.717, 1.165) is 11.0 Å². The van der Waals surface area contributed by atoms with Crippen LogP contribution in [0.5, 0.6) is 0 Å². The molecule has 0 amide bonds. The molecule has 0 radical (unpaired) electrons. The van der Waals surface area contributed by atoms with Crippen LogP contribution in [0, 0.1) is 0 Å². The predicted octanol–water partition coefficient (Wildman–Crippen LogP) is 1.79. The lowest BCUT2D eigenvalue weighted by Gasteiger charge is -2.30. The zero-order chi connectivity index (χ0) is 10.7. The van der Waals surface area contributed by atoms with E-state index in [-0.39, 0.29) is 0 Å². The van der Waals surface area contributed by atoms with Crippen molar-refractivity contribution in [1.29, 1.82) is 0 Å². The summed E-state index contributed by atoms with van der Waals surface area (Å²) < 4.78 is 0.905. The van der Waals surface area contributed by atoms with Crippen LogP contribution >= 0.6 is 15.9 Å². The Morgan fingerprint density at radius 1 is 1.47 bits per heavy atom. The van der Waals surface area contributed by atoms with Gasteiger partial charge in [-0.3, -0.25) is 0 Å². The van der Waals surface area contributed by atoms with E-state index in [1.807, 2.05) is 0 Å². The van der Waals surface area contributed by atoms with E-state index in [4.69, 9.17) is 0 Å². The summed E-state index contributed by atoms with van der Waals surface area (Å²) in [6, 6.07) is 0.908. The number of halogens is 1. The van der Waals surface area contributed by atoms with E-state index < -0.39 is 0 Å². The maximum atomic E-state index is 4.21. The van der Waals surface area contributed by atoms with Gasteiger partial charge in [-0.05, 0) is 42.2 Å². The summed E-state index contributed by atoms with van der Waals surface area (Å²) in [5.74, 6) is 0.707. The third kappa shape index (κ3) is 2.89. The van der Waals surface area contributed by atoms with Crippen molar-refractivity contribution in [3.05, 3.63) is 16.9 Å². The summed E-state index contributed by atoms with van der Waals surface area (Å²) in [4.78, 5) is 8.42. The Morgan fingerprint density at radius 2 is 2.20 bits per heavy atom. The van der Waals surface area contributed by atoms with Crippen LogP contribution in [0.1, 0.15) is 19.8 Å². The number of anilines is 1. The van der Waals surface area contributed by atoms with Gasteiger partial charge in [0.15, 0.2) is 0 Å². The molecular weight excluding hydrogens is 256 g/mol. The van der Waals surface area contributed by atoms with Gasteiger partial charge >= 0.3 is 0 Å². The molecule has 4 nitrogen and oxygen atoms in total. The highest BCUT2D eigenvalue weighted by atomic mass is 79.9. The summed E-state index contributed by atoms with van der Waals surface area (Å²) in [6.07, 6.45) is 5.90. The maximum Gasteiger partial charge on any atom is 0.222 e. The standard InChI is InChI=1S/C10H15BrN4/c1-7-9(3-2-4-12-7)15-10-13-5-8(11)6-14-10/h5-7,9,12H,2-4H2,1H3,(H,13,14,15). The van der Waals surface area contributed by atoms with Crippen molar-refractivity contribution in [1.82, 2.24) is 15.3 Å². The minimum atomic E-state index is 0.430. The van der Waals surface area contributed by atoms with Crippen LogP contribution in [0.3, 0.4) is 0 Å². The molecule has 1 aromatic rings. The molecule has 1 aliphatic rings. The number of hydrogen-bond donors (Lipinski definition) is 2. The molecule has 2 unspecified atom stereocenters. The molecule has 2 heterocycles. The first-order valence-electron chi connectivity index (χ1n) is 5.23. The molecule has 0 spiro atoms. The van der Waals surface area contributed by atoms with Gasteiger partial charge < -0.3 is 10.6 Å². The SMILES string of the molecule is CC1NCCCC1Nc1ncc(Br)cn1. The monoisotopic (exact) mass is 270 g/mol. The molecule has 0 aliphatic carbocycles. The van der Waals surface area contributed by atoms with Crippen molar-refractivity contribution in [2.75, 3.05) is 11.9 Å². The highest BCUT2D eigenvalue weighted by Gasteiger charge is 2.20. The van der Waals surface area contributed by atoms with Gasteiger partial charge in [0.25, 0.3) is 0 Å². The largest absolute Gasteiger partial charge is 0.350 e. The lowest BCUT2D eigenvalue weighted by Crippen LogP contribution is -2.46. The summed E-state index contributed by atoms with van der Waals surface area (Å²) in [5.41, 5.74) is 0. The number of rotatable bonds is 2. The van der Waals surface area contributed by atoms with E-state index >= 15 is 0 Å². The molecule has 0 saturated carbocycles. The maximum absolute atomic E-state index is 4.21. The fourth-order valence-corrected chi connectivity index (χ4v) is 2.00. The minimum absolute atomic E-state index is 0.430. The predicted molar refractivity (Wildman–Crippen MR) is 63.8 cm³/mol. The number of piperidine rings is 1. The fraction of sp³-hybridized carbons (Fsp3) is 0.600. The van der Waals surface area contributed by atoms with Gasteiger partial charge in [-0.25, -0.2) is 9.97 Å². The van der Waals surface area contributed by atoms with Crippen LogP contribution in [0.25, 0.3) is 0 Å². The normalized spacial score (nSPS) is 26.3. The summed E-state index contributed by atoms with van der Waals surface area (Å²) in [5, 5.41) is 6.79. The molecule has 0 bridgehead atoms. The quantitative estimate of drug-likeness (QED) is 0.861. The Hall–Kier alpha value is -0.680. The highest BCUT2D eigenvalue weighted by molar-refractivity contribution is 9.10. The number of nitrogens with one attached hydrogen (secondary N) is 2. The second-order valence-electron chi connectivity index (χ2n) is 3.86. The lowest BCUT2D eigenvalue weighted by atomic mass is 10.0. The van der Waals surface area contributed by atoms with Crippen LogP contribution in [0.4, 0.5) is 5.95 Å². The van der Waals surface area contributed by atoms with Crippen molar-refractivity contribution in [3.8, 4) is 0 Å². The zero-order valence-corrected chi connectivity index (χ0v) is 10.3. The van der Waals surface area contributed by atoms with Gasteiger partial charge in [0.05, 0.1) is 4.47 Å². The van der Waals surface area contributed by atoms with Gasteiger partial charge in [-0.15, -0.1) is 0 Å². The fourth-order valence-electron chi connectivity index (χ4n) is 1.79. The topological polar surface area (TPSA) is 49.8 Å². The summed E-state index contributed by atoms with van der Waals surface area (Å²) in [7, 11) is 0. The molecule has 1 aliphatic heterocycles. The van der Waals surface area contributed by atoms with Crippen LogP contribution in [0.15, 0.2) is 16.9 Å². The average Bonchev–Trinajstić information content (AvgIpc) is 2.25. The van der Waals surface area contributed by atoms with Crippen molar-refractivity contribution in [2.45, 2.75) is 31.8 Å². The summed E-state index contributed by atoms with van der Waals surface area (Å²) >= 11 is 3.32. The highest BCUT2D eigenvalue weighted by Crippen LogP contribution is 2.13. The molecule has 1 aromatic heterocycles. The number of hydrogen-bond acceptors (Lipinski definition) is 4. The summed E-state index contributed by atoms with van der Waals surface area (Å²) in [6.45, 7) is 3.30. The van der Waals surface area contributed by atoms with Crippen molar-refractivity contribution >= 4 is 21.9 Å². The molecule has 2 atom stereocenters. The van der Waals surface area contributed by atoms with E-state index in [0.29, 0.717) is 18.0 Å².